The van der Waals surface area contributed by atoms with Crippen molar-refractivity contribution in [2.45, 2.75) is 24.8 Å². The number of carbonyl (C=O) groups excluding carboxylic acids is 1. The minimum absolute atomic E-state index is 0.0409. The van der Waals surface area contributed by atoms with Crippen molar-refractivity contribution in [3.05, 3.63) is 77.9 Å². The van der Waals surface area contributed by atoms with Crippen LogP contribution < -0.4 is 10.0 Å². The lowest BCUT2D eigenvalue weighted by Gasteiger charge is -2.19. The molecule has 2 N–H and O–H groups in total. The van der Waals surface area contributed by atoms with Gasteiger partial charge in [0.05, 0.1) is 10.9 Å². The van der Waals surface area contributed by atoms with E-state index in [1.165, 1.54) is 0 Å². The number of hydrogen-bond donors (Lipinski definition) is 2. The molecule has 25 heavy (non-hydrogen) atoms. The molecule has 0 heterocycles. The second-order valence-corrected chi connectivity index (χ2v) is 7.53. The monoisotopic (exact) mass is 358 g/mol. The average Bonchev–Trinajstić information content (AvgIpc) is 2.58. The third-order valence-corrected chi connectivity index (χ3v) is 5.39. The van der Waals surface area contributed by atoms with Crippen LogP contribution in [-0.2, 0) is 14.8 Å². The van der Waals surface area contributed by atoms with E-state index in [0.29, 0.717) is 5.56 Å². The second kappa shape index (κ2) is 8.09. The summed E-state index contributed by atoms with van der Waals surface area (Å²) < 4.78 is 27.8. The number of carbonyl (C=O) groups is 1. The molecular weight excluding hydrogens is 336 g/mol. The van der Waals surface area contributed by atoms with Gasteiger partial charge in [0.1, 0.15) is 0 Å². The molecule has 2 aromatic rings. The summed E-state index contributed by atoms with van der Waals surface area (Å²) in [6, 6.07) is 13.9. The molecule has 5 nitrogen and oxygen atoms in total. The predicted molar refractivity (Wildman–Crippen MR) is 98.6 cm³/mol. The molecule has 0 aliphatic rings. The highest BCUT2D eigenvalue weighted by Gasteiger charge is 2.20. The first-order valence-electron chi connectivity index (χ1n) is 7.88. The highest BCUT2D eigenvalue weighted by atomic mass is 32.2. The van der Waals surface area contributed by atoms with Crippen LogP contribution in [0.4, 0.5) is 0 Å². The summed E-state index contributed by atoms with van der Waals surface area (Å²) in [5.74, 6) is -0.362. The Morgan fingerprint density at radius 1 is 1.16 bits per heavy atom. The van der Waals surface area contributed by atoms with Gasteiger partial charge in [-0.15, -0.1) is 0 Å². The largest absolute Gasteiger partial charge is 0.344 e. The summed E-state index contributed by atoms with van der Waals surface area (Å²) >= 11 is 0. The Kier molecular flexibility index (Phi) is 6.12. The molecule has 0 aromatic heterocycles. The van der Waals surface area contributed by atoms with E-state index in [4.69, 9.17) is 0 Å². The van der Waals surface area contributed by atoms with E-state index in [1.54, 1.807) is 19.1 Å². The molecule has 132 valence electrons. The van der Waals surface area contributed by atoms with Crippen molar-refractivity contribution in [3.63, 3.8) is 0 Å². The van der Waals surface area contributed by atoms with Crippen molar-refractivity contribution in [2.24, 2.45) is 0 Å². The van der Waals surface area contributed by atoms with E-state index in [0.717, 1.165) is 17.2 Å². The Morgan fingerprint density at radius 3 is 2.44 bits per heavy atom. The molecule has 2 aromatic carbocycles. The first kappa shape index (κ1) is 18.9. The number of nitrogens with one attached hydrogen (secondary N) is 2. The Morgan fingerprint density at radius 2 is 1.84 bits per heavy atom. The Balaban J connectivity index is 2.21. The average molecular weight is 358 g/mol. The number of amides is 1. The van der Waals surface area contributed by atoms with Crippen molar-refractivity contribution < 1.29 is 13.2 Å². The smallest absolute Gasteiger partial charge is 0.243 e. The lowest BCUT2D eigenvalue weighted by Crippen LogP contribution is -2.37. The van der Waals surface area contributed by atoms with Gasteiger partial charge >= 0.3 is 0 Å². The first-order chi connectivity index (χ1) is 11.8. The van der Waals surface area contributed by atoms with Crippen LogP contribution in [0.3, 0.4) is 0 Å². The van der Waals surface area contributed by atoms with Gasteiger partial charge in [-0.3, -0.25) is 4.79 Å². The van der Waals surface area contributed by atoms with Gasteiger partial charge in [0, 0.05) is 6.54 Å². The molecular formula is C19H22N2O3S. The molecule has 0 unspecified atom stereocenters. The van der Waals surface area contributed by atoms with Gasteiger partial charge in [-0.1, -0.05) is 54.6 Å². The fourth-order valence-electron chi connectivity index (χ4n) is 2.54. The van der Waals surface area contributed by atoms with Gasteiger partial charge in [-0.25, -0.2) is 13.1 Å². The molecule has 0 aliphatic heterocycles. The number of aryl methyl sites for hydroxylation is 2. The standard InChI is InChI=1S/C19H22N2O3S/c1-4-19(22)21-17(16-8-6-5-7-9-16)13-20-25(23,24)18-11-10-14(2)12-15(18)3/h4-12,17,20H,1,13H2,2-3H3,(H,21,22)/t17-/m1/s1. The number of benzene rings is 2. The fourth-order valence-corrected chi connectivity index (χ4v) is 3.81. The molecule has 0 fully saturated rings. The molecule has 1 amide bonds. The molecule has 0 spiro atoms. The first-order valence-corrected chi connectivity index (χ1v) is 9.36. The fraction of sp³-hybridized carbons (Fsp3) is 0.211. The molecule has 0 saturated heterocycles. The predicted octanol–water partition coefficient (Wildman–Crippen LogP) is 2.63. The lowest BCUT2D eigenvalue weighted by molar-refractivity contribution is -0.117. The van der Waals surface area contributed by atoms with Gasteiger partial charge in [-0.2, -0.15) is 0 Å². The van der Waals surface area contributed by atoms with Gasteiger partial charge in [-0.05, 0) is 37.1 Å². The van der Waals surface area contributed by atoms with Gasteiger partial charge in [0.15, 0.2) is 0 Å². The molecule has 1 atom stereocenters. The van der Waals surface area contributed by atoms with E-state index in [-0.39, 0.29) is 17.3 Å². The molecule has 6 heteroatoms. The summed E-state index contributed by atoms with van der Waals surface area (Å²) in [7, 11) is -3.68. The minimum atomic E-state index is -3.68. The number of sulfonamides is 1. The maximum Gasteiger partial charge on any atom is 0.243 e. The van der Waals surface area contributed by atoms with E-state index in [1.807, 2.05) is 43.3 Å². The van der Waals surface area contributed by atoms with Crippen LogP contribution in [0.15, 0.2) is 66.1 Å². The summed E-state index contributed by atoms with van der Waals surface area (Å²) in [5.41, 5.74) is 2.48. The van der Waals surface area contributed by atoms with E-state index in [9.17, 15) is 13.2 Å². The van der Waals surface area contributed by atoms with Crippen LogP contribution in [0.1, 0.15) is 22.7 Å². The zero-order valence-corrected chi connectivity index (χ0v) is 15.1. The van der Waals surface area contributed by atoms with Gasteiger partial charge < -0.3 is 5.32 Å². The third kappa shape index (κ3) is 5.01. The Hall–Kier alpha value is -2.44. The highest BCUT2D eigenvalue weighted by Crippen LogP contribution is 2.18. The number of hydrogen-bond acceptors (Lipinski definition) is 3. The van der Waals surface area contributed by atoms with Crippen molar-refractivity contribution in [2.75, 3.05) is 6.54 Å². The Labute approximate surface area is 148 Å². The summed E-state index contributed by atoms with van der Waals surface area (Å²) in [4.78, 5) is 11.9. The van der Waals surface area contributed by atoms with E-state index >= 15 is 0 Å². The third-order valence-electron chi connectivity index (χ3n) is 3.80. The van der Waals surface area contributed by atoms with Crippen molar-refractivity contribution in [1.29, 1.82) is 0 Å². The molecule has 0 aliphatic carbocycles. The minimum Gasteiger partial charge on any atom is -0.344 e. The normalized spacial score (nSPS) is 12.4. The summed E-state index contributed by atoms with van der Waals surface area (Å²) in [6.45, 7) is 7.14. The summed E-state index contributed by atoms with van der Waals surface area (Å²) in [5, 5.41) is 2.75. The maximum absolute atomic E-state index is 12.6. The van der Waals surface area contributed by atoms with Gasteiger partial charge in [0.2, 0.25) is 15.9 Å². The zero-order valence-electron chi connectivity index (χ0n) is 14.3. The van der Waals surface area contributed by atoms with Crippen molar-refractivity contribution in [1.82, 2.24) is 10.0 Å². The lowest BCUT2D eigenvalue weighted by atomic mass is 10.1. The quantitative estimate of drug-likeness (QED) is 0.747. The molecule has 0 saturated carbocycles. The highest BCUT2D eigenvalue weighted by molar-refractivity contribution is 7.89. The van der Waals surface area contributed by atoms with Crippen LogP contribution in [0.2, 0.25) is 0 Å². The molecule has 0 radical (unpaired) electrons. The molecule has 0 bridgehead atoms. The summed E-state index contributed by atoms with van der Waals surface area (Å²) in [6.07, 6.45) is 1.16. The van der Waals surface area contributed by atoms with Crippen LogP contribution >= 0.6 is 0 Å². The van der Waals surface area contributed by atoms with Crippen LogP contribution in [0, 0.1) is 13.8 Å². The van der Waals surface area contributed by atoms with E-state index in [2.05, 4.69) is 16.6 Å². The topological polar surface area (TPSA) is 75.3 Å². The van der Waals surface area contributed by atoms with Crippen LogP contribution in [0.25, 0.3) is 0 Å². The van der Waals surface area contributed by atoms with Crippen LogP contribution in [-0.4, -0.2) is 20.9 Å². The van der Waals surface area contributed by atoms with E-state index < -0.39 is 16.1 Å². The van der Waals surface area contributed by atoms with Crippen molar-refractivity contribution >= 4 is 15.9 Å². The van der Waals surface area contributed by atoms with Crippen LogP contribution in [0.5, 0.6) is 0 Å². The zero-order chi connectivity index (χ0) is 18.4. The Bertz CT molecular complexity index is 861. The molecule has 2 rings (SSSR count). The second-order valence-electron chi connectivity index (χ2n) is 5.80. The number of rotatable bonds is 7. The van der Waals surface area contributed by atoms with Gasteiger partial charge in [0.25, 0.3) is 0 Å². The maximum atomic E-state index is 12.6. The van der Waals surface area contributed by atoms with Crippen molar-refractivity contribution in [3.8, 4) is 0 Å². The SMILES string of the molecule is C=CC(=O)N[C@H](CNS(=O)(=O)c1ccc(C)cc1C)c1ccccc1.